The van der Waals surface area contributed by atoms with Gasteiger partial charge in [-0.05, 0) is 106 Å². The first-order chi connectivity index (χ1) is 16.3. The molecule has 2 N–H and O–H groups in total. The van der Waals surface area contributed by atoms with Crippen molar-refractivity contribution in [3.05, 3.63) is 36.3 Å². The van der Waals surface area contributed by atoms with Gasteiger partial charge in [-0.3, -0.25) is 0 Å². The number of rotatable bonds is 5. The van der Waals surface area contributed by atoms with Crippen LogP contribution in [0.5, 0.6) is 0 Å². The summed E-state index contributed by atoms with van der Waals surface area (Å²) in [7, 11) is 0. The second kappa shape index (κ2) is 8.19. The zero-order chi connectivity index (χ0) is 23.6. The lowest BCUT2D eigenvalue weighted by Gasteiger charge is -2.64. The Hall–Kier alpha value is -1.14. The standard InChI is InChI=1S/C29H43NO4/c1-26-10-7-23(34-18-16-30-14-3-4-15-30)19-21(26)5-6-25-24(26)8-11-27(2)28(31,12-13-29(25,27)32)22-9-17-33-20-22/h9,12-13,17,20-21,23-25,31-32H,3-8,10-11,14-16,18-19H2,1-2H3/t21?,23?,24-,25-,26+,27-,28?,29-/m1/s1. The molecule has 8 atom stereocenters. The van der Waals surface area contributed by atoms with Crippen molar-refractivity contribution in [3.63, 3.8) is 0 Å². The highest BCUT2D eigenvalue weighted by molar-refractivity contribution is 5.40. The fraction of sp³-hybridized carbons (Fsp3) is 0.793. The van der Waals surface area contributed by atoms with Crippen LogP contribution in [0.15, 0.2) is 35.2 Å². The Morgan fingerprint density at radius 2 is 1.85 bits per heavy atom. The maximum Gasteiger partial charge on any atom is 0.119 e. The molecule has 0 radical (unpaired) electrons. The summed E-state index contributed by atoms with van der Waals surface area (Å²) in [5.41, 5.74) is -1.80. The number of hydrogen-bond donors (Lipinski definition) is 2. The van der Waals surface area contributed by atoms with E-state index in [-0.39, 0.29) is 11.3 Å². The van der Waals surface area contributed by atoms with Gasteiger partial charge in [-0.2, -0.15) is 0 Å². The first kappa shape index (κ1) is 23.3. The summed E-state index contributed by atoms with van der Waals surface area (Å²) in [6.45, 7) is 9.03. The van der Waals surface area contributed by atoms with E-state index in [2.05, 4.69) is 18.7 Å². The largest absolute Gasteiger partial charge is 0.472 e. The minimum atomic E-state index is -1.18. The van der Waals surface area contributed by atoms with Crippen LogP contribution in [0.25, 0.3) is 0 Å². The van der Waals surface area contributed by atoms with Gasteiger partial charge in [0.25, 0.3) is 0 Å². The molecule has 1 aromatic rings. The second-order valence-electron chi connectivity index (χ2n) is 12.6. The van der Waals surface area contributed by atoms with Crippen molar-refractivity contribution in [3.8, 4) is 0 Å². The molecule has 34 heavy (non-hydrogen) atoms. The third kappa shape index (κ3) is 3.19. The van der Waals surface area contributed by atoms with Crippen LogP contribution in [-0.2, 0) is 10.3 Å². The molecule has 0 aromatic carbocycles. The van der Waals surface area contributed by atoms with Crippen LogP contribution >= 0.6 is 0 Å². The summed E-state index contributed by atoms with van der Waals surface area (Å²) >= 11 is 0. The lowest BCUT2D eigenvalue weighted by atomic mass is 9.42. The van der Waals surface area contributed by atoms with Gasteiger partial charge in [0.15, 0.2) is 0 Å². The highest BCUT2D eigenvalue weighted by Gasteiger charge is 2.70. The van der Waals surface area contributed by atoms with E-state index in [4.69, 9.17) is 9.15 Å². The fourth-order valence-corrected chi connectivity index (χ4v) is 9.11. The number of nitrogens with zero attached hydrogens (tertiary/aromatic N) is 1. The molecule has 3 unspecified atom stereocenters. The van der Waals surface area contributed by atoms with Crippen molar-refractivity contribution in [1.82, 2.24) is 4.90 Å². The van der Waals surface area contributed by atoms with Gasteiger partial charge < -0.3 is 24.3 Å². The maximum absolute atomic E-state index is 12.3. The summed E-state index contributed by atoms with van der Waals surface area (Å²) in [5.74, 6) is 1.36. The van der Waals surface area contributed by atoms with Gasteiger partial charge in [0.1, 0.15) is 5.60 Å². The molecule has 5 heteroatoms. The van der Waals surface area contributed by atoms with Gasteiger partial charge in [0, 0.05) is 17.5 Å². The highest BCUT2D eigenvalue weighted by atomic mass is 16.5. The Morgan fingerprint density at radius 1 is 1.03 bits per heavy atom. The number of hydrogen-bond acceptors (Lipinski definition) is 5. The topological polar surface area (TPSA) is 66.1 Å². The number of aliphatic hydroxyl groups is 2. The SMILES string of the molecule is C[C@]12CCC(OCCN3CCCC3)CC1CC[C@@H]1[C@H]2CC[C@]2(C)C(O)(c3ccoc3)C=C[C@@]12O. The molecule has 4 fully saturated rings. The van der Waals surface area contributed by atoms with Crippen LogP contribution in [0.2, 0.25) is 0 Å². The molecule has 5 aliphatic rings. The van der Waals surface area contributed by atoms with Crippen molar-refractivity contribution in [2.45, 2.75) is 88.9 Å². The number of likely N-dealkylation sites (tertiary alicyclic amines) is 1. The summed E-state index contributed by atoms with van der Waals surface area (Å²) in [5, 5.41) is 24.1. The normalized spacial score (nSPS) is 48.5. The molecule has 1 aliphatic heterocycles. The molecule has 2 heterocycles. The van der Waals surface area contributed by atoms with Gasteiger partial charge in [-0.1, -0.05) is 19.9 Å². The van der Waals surface area contributed by atoms with Gasteiger partial charge >= 0.3 is 0 Å². The molecular weight excluding hydrogens is 426 g/mol. The number of ether oxygens (including phenoxy) is 1. The summed E-state index contributed by atoms with van der Waals surface area (Å²) < 4.78 is 11.7. The summed E-state index contributed by atoms with van der Waals surface area (Å²) in [4.78, 5) is 2.54. The zero-order valence-corrected chi connectivity index (χ0v) is 21.0. The molecule has 4 aliphatic carbocycles. The molecule has 1 saturated heterocycles. The van der Waals surface area contributed by atoms with Crippen LogP contribution in [0.1, 0.15) is 77.2 Å². The Kier molecular flexibility index (Phi) is 5.61. The minimum absolute atomic E-state index is 0.192. The Balaban J connectivity index is 1.16. The Bertz CT molecular complexity index is 909. The fourth-order valence-electron chi connectivity index (χ4n) is 9.11. The average molecular weight is 470 g/mol. The Labute approximate surface area is 204 Å². The van der Waals surface area contributed by atoms with Crippen molar-refractivity contribution in [2.24, 2.45) is 28.6 Å². The lowest BCUT2D eigenvalue weighted by molar-refractivity contribution is -0.228. The molecular formula is C29H43NO4. The van der Waals surface area contributed by atoms with Gasteiger partial charge in [-0.25, -0.2) is 0 Å². The summed E-state index contributed by atoms with van der Waals surface area (Å²) in [6.07, 6.45) is 17.7. The Morgan fingerprint density at radius 3 is 2.62 bits per heavy atom. The predicted octanol–water partition coefficient (Wildman–Crippen LogP) is 4.88. The van der Waals surface area contributed by atoms with Gasteiger partial charge in [-0.15, -0.1) is 0 Å². The summed E-state index contributed by atoms with van der Waals surface area (Å²) in [6, 6.07) is 1.84. The average Bonchev–Trinajstić information content (AvgIpc) is 3.57. The molecule has 3 saturated carbocycles. The predicted molar refractivity (Wildman–Crippen MR) is 131 cm³/mol. The molecule has 0 bridgehead atoms. The third-order valence-corrected chi connectivity index (χ3v) is 11.4. The molecule has 6 rings (SSSR count). The van der Waals surface area contributed by atoms with Crippen molar-refractivity contribution < 1.29 is 19.4 Å². The molecule has 188 valence electrons. The van der Waals surface area contributed by atoms with E-state index in [9.17, 15) is 10.2 Å². The van der Waals surface area contributed by atoms with E-state index in [1.54, 1.807) is 12.5 Å². The second-order valence-corrected chi connectivity index (χ2v) is 12.6. The molecule has 0 spiro atoms. The van der Waals surface area contributed by atoms with E-state index in [1.807, 2.05) is 18.2 Å². The van der Waals surface area contributed by atoms with E-state index >= 15 is 0 Å². The van der Waals surface area contributed by atoms with Crippen LogP contribution < -0.4 is 0 Å². The van der Waals surface area contributed by atoms with Crippen LogP contribution in [0.3, 0.4) is 0 Å². The van der Waals surface area contributed by atoms with E-state index in [1.165, 1.54) is 38.8 Å². The van der Waals surface area contributed by atoms with Crippen LogP contribution in [-0.4, -0.2) is 53.1 Å². The number of fused-ring (bicyclic) bond motifs is 5. The third-order valence-electron chi connectivity index (χ3n) is 11.4. The van der Waals surface area contributed by atoms with Crippen LogP contribution in [0.4, 0.5) is 0 Å². The van der Waals surface area contributed by atoms with Gasteiger partial charge in [0.05, 0.1) is 30.8 Å². The van der Waals surface area contributed by atoms with E-state index in [0.29, 0.717) is 17.9 Å². The molecule has 0 amide bonds. The van der Waals surface area contributed by atoms with Crippen molar-refractivity contribution in [2.75, 3.05) is 26.2 Å². The van der Waals surface area contributed by atoms with Crippen molar-refractivity contribution >= 4 is 0 Å². The number of furan rings is 1. The molecule has 1 aromatic heterocycles. The lowest BCUT2D eigenvalue weighted by Crippen LogP contribution is -2.65. The van der Waals surface area contributed by atoms with Crippen molar-refractivity contribution in [1.29, 1.82) is 0 Å². The first-order valence-corrected chi connectivity index (χ1v) is 13.8. The smallest absolute Gasteiger partial charge is 0.119 e. The first-order valence-electron chi connectivity index (χ1n) is 13.8. The quantitative estimate of drug-likeness (QED) is 0.602. The molecule has 5 nitrogen and oxygen atoms in total. The highest BCUT2D eigenvalue weighted by Crippen LogP contribution is 2.69. The zero-order valence-electron chi connectivity index (χ0n) is 21.0. The van der Waals surface area contributed by atoms with Gasteiger partial charge in [0.2, 0.25) is 0 Å². The van der Waals surface area contributed by atoms with E-state index < -0.39 is 16.6 Å². The maximum atomic E-state index is 12.3. The monoisotopic (exact) mass is 469 g/mol. The minimum Gasteiger partial charge on any atom is -0.472 e. The van der Waals surface area contributed by atoms with Crippen LogP contribution in [0, 0.1) is 28.6 Å². The van der Waals surface area contributed by atoms with E-state index in [0.717, 1.165) is 50.8 Å².